The number of carbonyl (C=O) groups is 1. The van der Waals surface area contributed by atoms with E-state index in [4.69, 9.17) is 0 Å². The summed E-state index contributed by atoms with van der Waals surface area (Å²) in [6, 6.07) is 0. The Morgan fingerprint density at radius 2 is 2.18 bits per heavy atom. The Kier molecular flexibility index (Phi) is 5.42. The van der Waals surface area contributed by atoms with Crippen LogP contribution >= 0.6 is 0 Å². The van der Waals surface area contributed by atoms with Crippen LogP contribution in [0.3, 0.4) is 0 Å². The molecule has 0 unspecified atom stereocenters. The van der Waals surface area contributed by atoms with Gasteiger partial charge in [-0.15, -0.1) is 0 Å². The van der Waals surface area contributed by atoms with E-state index in [0.717, 1.165) is 25.2 Å². The molecule has 96 valence electrons. The molecule has 0 N–H and O–H groups in total. The number of carbonyl (C=O) groups excluding carboxylic acids is 1. The van der Waals surface area contributed by atoms with E-state index < -0.39 is 0 Å². The first kappa shape index (κ1) is 14.0. The van der Waals surface area contributed by atoms with Crippen molar-refractivity contribution in [2.75, 3.05) is 32.7 Å². The van der Waals surface area contributed by atoms with Gasteiger partial charge >= 0.3 is 0 Å². The molecular weight excluding hydrogens is 212 g/mol. The molecule has 0 radical (unpaired) electrons. The first-order chi connectivity index (χ1) is 8.04. The number of hydrogen-bond donors (Lipinski definition) is 0. The van der Waals surface area contributed by atoms with Crippen LogP contribution in [-0.4, -0.2) is 48.4 Å². The molecule has 0 aromatic heterocycles. The Morgan fingerprint density at radius 1 is 1.47 bits per heavy atom. The highest BCUT2D eigenvalue weighted by atomic mass is 16.2. The molecule has 1 heterocycles. The molecule has 0 bridgehead atoms. The monoisotopic (exact) mass is 236 g/mol. The van der Waals surface area contributed by atoms with E-state index in [1.165, 1.54) is 0 Å². The summed E-state index contributed by atoms with van der Waals surface area (Å²) in [5, 5.41) is 0. The minimum atomic E-state index is 0.234. The summed E-state index contributed by atoms with van der Waals surface area (Å²) in [4.78, 5) is 15.9. The van der Waals surface area contributed by atoms with Gasteiger partial charge in [-0.2, -0.15) is 0 Å². The molecule has 1 aliphatic heterocycles. The highest BCUT2D eigenvalue weighted by Gasteiger charge is 2.21. The maximum absolute atomic E-state index is 11.8. The second kappa shape index (κ2) is 6.60. The summed E-state index contributed by atoms with van der Waals surface area (Å²) in [5.41, 5.74) is 1.12. The van der Waals surface area contributed by atoms with Crippen LogP contribution < -0.4 is 0 Å². The number of nitrogens with zero attached hydrogens (tertiary/aromatic N) is 2. The Labute approximate surface area is 105 Å². The molecule has 0 atom stereocenters. The predicted octanol–water partition coefficient (Wildman–Crippen LogP) is 1.92. The van der Waals surface area contributed by atoms with Crippen LogP contribution in [0.15, 0.2) is 24.3 Å². The van der Waals surface area contributed by atoms with Crippen molar-refractivity contribution in [3.05, 3.63) is 24.3 Å². The van der Waals surface area contributed by atoms with Gasteiger partial charge in [-0.3, -0.25) is 9.69 Å². The summed E-state index contributed by atoms with van der Waals surface area (Å²) in [7, 11) is 0. The molecule has 0 aromatic rings. The molecule has 0 aliphatic carbocycles. The number of amides is 1. The van der Waals surface area contributed by atoms with Crippen LogP contribution in [0.25, 0.3) is 0 Å². The quantitative estimate of drug-likeness (QED) is 0.681. The highest BCUT2D eigenvalue weighted by molar-refractivity contribution is 5.79. The summed E-state index contributed by atoms with van der Waals surface area (Å²) in [6.45, 7) is 14.4. The third-order valence-corrected chi connectivity index (χ3v) is 3.24. The van der Waals surface area contributed by atoms with Crippen LogP contribution in [-0.2, 0) is 4.79 Å². The molecule has 1 saturated heterocycles. The number of piperazine rings is 1. The molecule has 3 heteroatoms. The first-order valence-corrected chi connectivity index (χ1v) is 6.40. The molecule has 1 rings (SSSR count). The van der Waals surface area contributed by atoms with Gasteiger partial charge in [0.1, 0.15) is 0 Å². The minimum absolute atomic E-state index is 0.234. The molecule has 1 fully saturated rings. The Balaban J connectivity index is 2.38. The third kappa shape index (κ3) is 4.35. The SMILES string of the molecule is C=C(/C=C/CN1CCN(CC)CC1=O)C(C)C. The lowest BCUT2D eigenvalue weighted by Crippen LogP contribution is -2.50. The summed E-state index contributed by atoms with van der Waals surface area (Å²) in [5.74, 6) is 0.705. The van der Waals surface area contributed by atoms with Crippen molar-refractivity contribution in [1.29, 1.82) is 0 Å². The van der Waals surface area contributed by atoms with Gasteiger partial charge in [-0.25, -0.2) is 0 Å². The van der Waals surface area contributed by atoms with E-state index in [-0.39, 0.29) is 5.91 Å². The number of likely N-dealkylation sites (N-methyl/N-ethyl adjacent to an activating group) is 1. The van der Waals surface area contributed by atoms with Crippen LogP contribution in [0, 0.1) is 5.92 Å². The minimum Gasteiger partial charge on any atom is -0.337 e. The third-order valence-electron chi connectivity index (χ3n) is 3.24. The number of allylic oxidation sites excluding steroid dienone is 2. The van der Waals surface area contributed by atoms with Gasteiger partial charge in [0.15, 0.2) is 0 Å². The summed E-state index contributed by atoms with van der Waals surface area (Å²) >= 11 is 0. The average Bonchev–Trinajstić information content (AvgIpc) is 2.30. The Hall–Kier alpha value is -1.09. The molecule has 1 aliphatic rings. The molecule has 0 aromatic carbocycles. The van der Waals surface area contributed by atoms with Gasteiger partial charge in [0.05, 0.1) is 6.54 Å². The van der Waals surface area contributed by atoms with Gasteiger partial charge in [0.2, 0.25) is 5.91 Å². The highest BCUT2D eigenvalue weighted by Crippen LogP contribution is 2.08. The van der Waals surface area contributed by atoms with Crippen LogP contribution in [0.5, 0.6) is 0 Å². The van der Waals surface area contributed by atoms with Crippen LogP contribution in [0.2, 0.25) is 0 Å². The van der Waals surface area contributed by atoms with E-state index >= 15 is 0 Å². The smallest absolute Gasteiger partial charge is 0.237 e. The molecule has 3 nitrogen and oxygen atoms in total. The fourth-order valence-corrected chi connectivity index (χ4v) is 1.74. The second-order valence-electron chi connectivity index (χ2n) is 4.84. The zero-order chi connectivity index (χ0) is 12.8. The maximum atomic E-state index is 11.8. The zero-order valence-electron chi connectivity index (χ0n) is 11.3. The van der Waals surface area contributed by atoms with Crippen LogP contribution in [0.4, 0.5) is 0 Å². The van der Waals surface area contributed by atoms with E-state index in [0.29, 0.717) is 19.0 Å². The van der Waals surface area contributed by atoms with Gasteiger partial charge in [0.25, 0.3) is 0 Å². The van der Waals surface area contributed by atoms with Crippen molar-refractivity contribution < 1.29 is 4.79 Å². The van der Waals surface area contributed by atoms with Crippen molar-refractivity contribution in [2.24, 2.45) is 5.92 Å². The molecule has 1 amide bonds. The summed E-state index contributed by atoms with van der Waals surface area (Å²) in [6.07, 6.45) is 4.08. The fourth-order valence-electron chi connectivity index (χ4n) is 1.74. The topological polar surface area (TPSA) is 23.6 Å². The van der Waals surface area contributed by atoms with Crippen molar-refractivity contribution in [1.82, 2.24) is 9.80 Å². The van der Waals surface area contributed by atoms with Crippen molar-refractivity contribution in [3.8, 4) is 0 Å². The maximum Gasteiger partial charge on any atom is 0.237 e. The van der Waals surface area contributed by atoms with Gasteiger partial charge in [-0.1, -0.05) is 45.1 Å². The lowest BCUT2D eigenvalue weighted by molar-refractivity contribution is -0.135. The Bertz CT molecular complexity index is 307. The van der Waals surface area contributed by atoms with Crippen LogP contribution in [0.1, 0.15) is 20.8 Å². The zero-order valence-corrected chi connectivity index (χ0v) is 11.3. The van der Waals surface area contributed by atoms with Crippen molar-refractivity contribution in [2.45, 2.75) is 20.8 Å². The van der Waals surface area contributed by atoms with E-state index in [9.17, 15) is 4.79 Å². The van der Waals surface area contributed by atoms with Crippen molar-refractivity contribution in [3.63, 3.8) is 0 Å². The van der Waals surface area contributed by atoms with Gasteiger partial charge in [-0.05, 0) is 12.5 Å². The van der Waals surface area contributed by atoms with Gasteiger partial charge < -0.3 is 4.90 Å². The first-order valence-electron chi connectivity index (χ1n) is 6.40. The number of hydrogen-bond acceptors (Lipinski definition) is 2. The molecular formula is C14H24N2O. The average molecular weight is 236 g/mol. The van der Waals surface area contributed by atoms with E-state index in [1.807, 2.05) is 17.1 Å². The molecule has 17 heavy (non-hydrogen) atoms. The van der Waals surface area contributed by atoms with Gasteiger partial charge in [0, 0.05) is 19.6 Å². The lowest BCUT2D eigenvalue weighted by Gasteiger charge is -2.33. The predicted molar refractivity (Wildman–Crippen MR) is 71.8 cm³/mol. The second-order valence-corrected chi connectivity index (χ2v) is 4.84. The normalized spacial score (nSPS) is 18.4. The summed E-state index contributed by atoms with van der Waals surface area (Å²) < 4.78 is 0. The number of rotatable bonds is 5. The standard InChI is InChI=1S/C14H24N2O/c1-5-15-9-10-16(14(17)11-15)8-6-7-13(4)12(2)3/h6-7,12H,4-5,8-11H2,1-3H3/b7-6+. The Morgan fingerprint density at radius 3 is 2.71 bits per heavy atom. The van der Waals surface area contributed by atoms with Crippen molar-refractivity contribution >= 4 is 5.91 Å². The largest absolute Gasteiger partial charge is 0.337 e. The van der Waals surface area contributed by atoms with E-state index in [1.54, 1.807) is 0 Å². The molecule has 0 saturated carbocycles. The van der Waals surface area contributed by atoms with E-state index in [2.05, 4.69) is 32.3 Å². The lowest BCUT2D eigenvalue weighted by atomic mass is 10.1. The molecule has 0 spiro atoms. The fraction of sp³-hybridized carbons (Fsp3) is 0.643.